The predicted octanol–water partition coefficient (Wildman–Crippen LogP) is 4.06. The zero-order chi connectivity index (χ0) is 39.2. The first-order chi connectivity index (χ1) is 26.6. The van der Waals surface area contributed by atoms with Gasteiger partial charge in [0.05, 0.1) is 19.3 Å². The number of fused-ring (bicyclic) bond motifs is 4. The van der Waals surface area contributed by atoms with E-state index in [2.05, 4.69) is 24.5 Å². The minimum absolute atomic E-state index is 0.0625. The summed E-state index contributed by atoms with van der Waals surface area (Å²) in [5.74, 6) is -2.67. The number of nitrogens with one attached hydrogen (secondary N) is 2. The molecule has 0 radical (unpaired) electrons. The molecule has 2 bridgehead atoms. The second-order valence-corrected chi connectivity index (χ2v) is 15.4. The molecule has 0 spiro atoms. The lowest BCUT2D eigenvalue weighted by molar-refractivity contribution is -0.224. The lowest BCUT2D eigenvalue weighted by atomic mass is 9.62. The quantitative estimate of drug-likeness (QED) is 0.103. The second kappa shape index (κ2) is 18.0. The van der Waals surface area contributed by atoms with Crippen LogP contribution in [0.2, 0.25) is 0 Å². The Bertz CT molecular complexity index is 1670. The van der Waals surface area contributed by atoms with Crippen LogP contribution >= 0.6 is 0 Å². The summed E-state index contributed by atoms with van der Waals surface area (Å²) >= 11 is 0. The number of para-hydroxylation sites is 1. The molecule has 6 rings (SSSR count). The monoisotopic (exact) mass is 763 g/mol. The third kappa shape index (κ3) is 8.47. The molecule has 2 aromatic carbocycles. The lowest BCUT2D eigenvalue weighted by Gasteiger charge is -2.49. The standard InChI is InChI=1S/C42H57N3O10/c1-4-6-12-21-41(22-13-7-5-2)53-34-32-25-42(40(51)44-33(27(3)47)38(49)43-23-24-46)36(39(50)52-32)45(55-37(42)35(34)54-41)26-30-17-9-8-15-28(30)18-14-19-29-16-10-11-20-31(29)48/h8-11,14-18,20,27,32-37,46-48H,4-7,12-13,19,21-26H2,1-3H3,(H,43,49)(H,44,51). The summed E-state index contributed by atoms with van der Waals surface area (Å²) in [5.41, 5.74) is 0.896. The number of ether oxygens (including phenoxy) is 3. The number of hydroxylamine groups is 2. The Kier molecular flexibility index (Phi) is 13.3. The van der Waals surface area contributed by atoms with Gasteiger partial charge in [0.25, 0.3) is 0 Å². The first kappa shape index (κ1) is 40.8. The molecule has 0 aromatic heterocycles. The molecule has 2 aromatic rings. The average Bonchev–Trinajstić information content (AvgIpc) is 3.72. The van der Waals surface area contributed by atoms with E-state index in [9.17, 15) is 29.7 Å². The van der Waals surface area contributed by atoms with Gasteiger partial charge in [-0.3, -0.25) is 19.2 Å². The van der Waals surface area contributed by atoms with Gasteiger partial charge in [0, 0.05) is 25.8 Å². The molecule has 13 nitrogen and oxygen atoms in total. The molecule has 5 N–H and O–H groups in total. The van der Waals surface area contributed by atoms with Gasteiger partial charge in [-0.25, -0.2) is 0 Å². The minimum Gasteiger partial charge on any atom is -0.508 e. The number of hydrogen-bond acceptors (Lipinski definition) is 11. The van der Waals surface area contributed by atoms with Crippen LogP contribution in [0.15, 0.2) is 54.6 Å². The molecular formula is C42H57N3O10. The first-order valence-corrected chi connectivity index (χ1v) is 20.0. The van der Waals surface area contributed by atoms with E-state index in [1.54, 1.807) is 12.1 Å². The Morgan fingerprint density at radius 1 is 0.982 bits per heavy atom. The number of carbonyl (C=O) groups is 3. The van der Waals surface area contributed by atoms with Gasteiger partial charge >= 0.3 is 5.97 Å². The van der Waals surface area contributed by atoms with Crippen molar-refractivity contribution in [1.82, 2.24) is 15.7 Å². The van der Waals surface area contributed by atoms with Crippen LogP contribution < -0.4 is 10.6 Å². The number of esters is 1. The van der Waals surface area contributed by atoms with E-state index < -0.39 is 71.6 Å². The Morgan fingerprint density at radius 2 is 1.65 bits per heavy atom. The van der Waals surface area contributed by atoms with E-state index in [1.165, 1.54) is 12.0 Å². The van der Waals surface area contributed by atoms with Gasteiger partial charge in [-0.15, -0.1) is 0 Å². The average molecular weight is 764 g/mol. The van der Waals surface area contributed by atoms with E-state index in [0.29, 0.717) is 19.3 Å². The van der Waals surface area contributed by atoms with Crippen LogP contribution in [0.3, 0.4) is 0 Å². The molecule has 300 valence electrons. The molecule has 1 aliphatic carbocycles. The summed E-state index contributed by atoms with van der Waals surface area (Å²) in [6.07, 6.45) is 7.03. The normalized spacial score (nSPS) is 27.7. The van der Waals surface area contributed by atoms with Crippen molar-refractivity contribution < 1.29 is 48.8 Å². The van der Waals surface area contributed by atoms with Crippen molar-refractivity contribution in [3.63, 3.8) is 0 Å². The Hall–Kier alpha value is -3.85. The van der Waals surface area contributed by atoms with Crippen LogP contribution in [0.1, 0.15) is 95.2 Å². The van der Waals surface area contributed by atoms with Crippen LogP contribution in [-0.4, -0.2) is 99.7 Å². The maximum atomic E-state index is 14.9. The molecule has 1 saturated carbocycles. The maximum absolute atomic E-state index is 14.9. The number of benzene rings is 2. The highest BCUT2D eigenvalue weighted by atomic mass is 16.8. The zero-order valence-corrected chi connectivity index (χ0v) is 32.2. The van der Waals surface area contributed by atoms with Gasteiger partial charge in [-0.1, -0.05) is 94.1 Å². The van der Waals surface area contributed by atoms with Crippen molar-refractivity contribution in [1.29, 1.82) is 0 Å². The van der Waals surface area contributed by atoms with E-state index in [-0.39, 0.29) is 31.9 Å². The van der Waals surface area contributed by atoms with Gasteiger partial charge in [-0.2, -0.15) is 5.06 Å². The number of amides is 2. The van der Waals surface area contributed by atoms with Gasteiger partial charge in [0.15, 0.2) is 11.8 Å². The van der Waals surface area contributed by atoms with Crippen LogP contribution in [0.4, 0.5) is 0 Å². The van der Waals surface area contributed by atoms with Gasteiger partial charge < -0.3 is 40.2 Å². The highest BCUT2D eigenvalue weighted by Gasteiger charge is 2.76. The van der Waals surface area contributed by atoms with Crippen molar-refractivity contribution in [2.45, 2.75) is 140 Å². The number of phenols is 1. The topological polar surface area (TPSA) is 176 Å². The van der Waals surface area contributed by atoms with Crippen LogP contribution in [0.5, 0.6) is 5.75 Å². The number of hydrogen-bond donors (Lipinski definition) is 5. The van der Waals surface area contributed by atoms with E-state index in [1.807, 2.05) is 48.6 Å². The zero-order valence-electron chi connectivity index (χ0n) is 32.2. The SMILES string of the molecule is CCCCCC1(CCCCC)OC2C3CC4(C(=O)NC(C(=O)NCCO)C(C)O)C(ON(Cc5ccccc5C=CCc5ccccc5O)C4C(=O)O3)C2O1. The van der Waals surface area contributed by atoms with E-state index in [4.69, 9.17) is 19.0 Å². The Morgan fingerprint density at radius 3 is 2.33 bits per heavy atom. The highest BCUT2D eigenvalue weighted by molar-refractivity contribution is 5.96. The Labute approximate surface area is 323 Å². The smallest absolute Gasteiger partial charge is 0.327 e. The number of aliphatic hydroxyl groups is 2. The summed E-state index contributed by atoms with van der Waals surface area (Å²) in [5, 5.41) is 37.1. The van der Waals surface area contributed by atoms with Crippen molar-refractivity contribution in [2.24, 2.45) is 5.41 Å². The predicted molar refractivity (Wildman–Crippen MR) is 203 cm³/mol. The fraction of sp³-hybridized carbons (Fsp3) is 0.595. The molecule has 8 atom stereocenters. The number of aliphatic hydroxyl groups excluding tert-OH is 2. The van der Waals surface area contributed by atoms with Crippen LogP contribution in [-0.2, 0) is 46.4 Å². The highest BCUT2D eigenvalue weighted by Crippen LogP contribution is 2.58. The fourth-order valence-electron chi connectivity index (χ4n) is 8.67. The number of unbranched alkanes of at least 4 members (excludes halogenated alkanes) is 4. The molecular weight excluding hydrogens is 706 g/mol. The number of phenolic OH excluding ortho intramolecular Hbond substituents is 1. The summed E-state index contributed by atoms with van der Waals surface area (Å²) in [4.78, 5) is 49.1. The minimum atomic E-state index is -1.56. The summed E-state index contributed by atoms with van der Waals surface area (Å²) < 4.78 is 20.0. The Balaban J connectivity index is 1.35. The number of nitrogens with zero attached hydrogens (tertiary/aromatic N) is 1. The lowest BCUT2D eigenvalue weighted by Crippen LogP contribution is -2.71. The van der Waals surface area contributed by atoms with Gasteiger partial charge in [-0.05, 0) is 48.9 Å². The molecule has 13 heteroatoms. The summed E-state index contributed by atoms with van der Waals surface area (Å²) in [7, 11) is 0. The molecule has 55 heavy (non-hydrogen) atoms. The molecule has 8 unspecified atom stereocenters. The summed E-state index contributed by atoms with van der Waals surface area (Å²) in [6, 6.07) is 12.2. The van der Waals surface area contributed by atoms with E-state index in [0.717, 1.165) is 55.2 Å². The van der Waals surface area contributed by atoms with Crippen molar-refractivity contribution in [3.8, 4) is 5.75 Å². The third-order valence-corrected chi connectivity index (χ3v) is 11.5. The fourth-order valence-corrected chi connectivity index (χ4v) is 8.67. The molecule has 2 amide bonds. The molecule has 3 heterocycles. The summed E-state index contributed by atoms with van der Waals surface area (Å²) in [6.45, 7) is 5.40. The number of allylic oxidation sites excluding steroid dienone is 1. The second-order valence-electron chi connectivity index (χ2n) is 15.4. The maximum Gasteiger partial charge on any atom is 0.327 e. The van der Waals surface area contributed by atoms with Crippen LogP contribution in [0.25, 0.3) is 6.08 Å². The van der Waals surface area contributed by atoms with Gasteiger partial charge in [0.2, 0.25) is 11.8 Å². The molecule has 3 aliphatic heterocycles. The molecule has 4 fully saturated rings. The third-order valence-electron chi connectivity index (χ3n) is 11.5. The van der Waals surface area contributed by atoms with Crippen molar-refractivity contribution in [3.05, 3.63) is 71.3 Å². The largest absolute Gasteiger partial charge is 0.508 e. The van der Waals surface area contributed by atoms with Crippen molar-refractivity contribution in [2.75, 3.05) is 13.2 Å². The van der Waals surface area contributed by atoms with Gasteiger partial charge in [0.1, 0.15) is 41.6 Å². The van der Waals surface area contributed by atoms with Crippen molar-refractivity contribution >= 4 is 23.9 Å². The number of carbonyl (C=O) groups excluding carboxylic acids is 3. The van der Waals surface area contributed by atoms with Crippen LogP contribution in [0, 0.1) is 5.41 Å². The molecule has 3 saturated heterocycles. The number of rotatable bonds is 19. The number of aromatic hydroxyl groups is 1. The molecule has 4 aliphatic rings. The first-order valence-electron chi connectivity index (χ1n) is 20.0. The van der Waals surface area contributed by atoms with E-state index >= 15 is 0 Å².